The number of amidine groups is 3. The van der Waals surface area contributed by atoms with Crippen LogP contribution in [0.5, 0.6) is 0 Å². The van der Waals surface area contributed by atoms with Crippen LogP contribution in [0, 0.1) is 51.8 Å². The molecule has 0 aromatic rings. The Hall–Kier alpha value is -0.395. The van der Waals surface area contributed by atoms with Gasteiger partial charge in [0.05, 0.1) is 17.5 Å². The maximum Gasteiger partial charge on any atom is 0.0973 e. The fourth-order valence-electron chi connectivity index (χ4n) is 3.84. The van der Waals surface area contributed by atoms with Crippen molar-refractivity contribution >= 4 is 17.5 Å². The topological polar surface area (TPSA) is 73.2 Å². The smallest absolute Gasteiger partial charge is 0.0973 e. The Bertz CT molecular complexity index is 666. The average Bonchev–Trinajstić information content (AvgIpc) is 2.61. The molecule has 0 saturated carbocycles. The van der Waals surface area contributed by atoms with Crippen LogP contribution >= 0.6 is 0 Å². The van der Waals surface area contributed by atoms with E-state index in [9.17, 15) is 0 Å². The monoisotopic (exact) mass is 734 g/mol. The van der Waals surface area contributed by atoms with E-state index in [2.05, 4.69) is 176 Å². The molecule has 6 nitrogen and oxygen atoms in total. The Balaban J connectivity index is -0.000000262. The molecule has 0 aliphatic heterocycles. The normalized spacial score (nSPS) is 13.6. The van der Waals surface area contributed by atoms with E-state index in [0.717, 1.165) is 36.8 Å². The van der Waals surface area contributed by atoms with E-state index < -0.39 is 0 Å². The molecule has 0 bridgehead atoms. The predicted octanol–water partition coefficient (Wildman–Crippen LogP) is 9.68. The molecule has 0 fully saturated rings. The molecule has 0 heterocycles. The molecule has 0 rings (SSSR count). The van der Waals surface area contributed by atoms with Crippen LogP contribution in [-0.2, 0) is 0 Å². The molecule has 3 N–H and O–H groups in total. The molecule has 1 radical (unpaired) electrons. The predicted molar refractivity (Wildman–Crippen MR) is 195 cm³/mol. The van der Waals surface area contributed by atoms with E-state index in [1.54, 1.807) is 0 Å². The fraction of sp³-hybridized carbons (Fsp3) is 0.917. The van der Waals surface area contributed by atoms with E-state index in [1.165, 1.54) is 0 Å². The average molecular weight is 734 g/mol. The van der Waals surface area contributed by atoms with Gasteiger partial charge >= 0.3 is 0 Å². The fourth-order valence-corrected chi connectivity index (χ4v) is 3.84. The zero-order valence-corrected chi connectivity index (χ0v) is 36.6. The molecule has 0 aromatic heterocycles. The Labute approximate surface area is 299 Å². The van der Waals surface area contributed by atoms with Crippen LogP contribution in [0.4, 0.5) is 0 Å². The first-order chi connectivity index (χ1) is 18.6. The number of nitrogens with one attached hydrogen (secondary N) is 3. The maximum atomic E-state index is 4.61. The Morgan fingerprint density at radius 3 is 0.651 bits per heavy atom. The minimum atomic E-state index is 0. The van der Waals surface area contributed by atoms with Gasteiger partial charge in [-0.05, 0) is 99.3 Å². The first-order valence-electron chi connectivity index (χ1n) is 16.6. The number of aliphatic imine (C=N–C) groups is 3. The van der Waals surface area contributed by atoms with Gasteiger partial charge in [-0.1, -0.05) is 62.3 Å². The molecule has 0 amide bonds. The van der Waals surface area contributed by atoms with E-state index in [4.69, 9.17) is 0 Å². The van der Waals surface area contributed by atoms with Crippen molar-refractivity contribution in [3.8, 4) is 0 Å². The van der Waals surface area contributed by atoms with Crippen LogP contribution in [0.3, 0.4) is 0 Å². The molecular formula is C36H78LaN6. The molecular weight excluding hydrogens is 655 g/mol. The number of rotatable bonds is 9. The zero-order chi connectivity index (χ0) is 34.1. The van der Waals surface area contributed by atoms with Gasteiger partial charge in [-0.15, -0.1) is 0 Å². The van der Waals surface area contributed by atoms with Gasteiger partial charge in [0.1, 0.15) is 0 Å². The summed E-state index contributed by atoms with van der Waals surface area (Å²) in [7, 11) is 0. The minimum absolute atomic E-state index is 0. The van der Waals surface area contributed by atoms with Gasteiger partial charge in [-0.25, -0.2) is 0 Å². The molecule has 0 aromatic carbocycles. The summed E-state index contributed by atoms with van der Waals surface area (Å²) in [4.78, 5) is 13.8. The summed E-state index contributed by atoms with van der Waals surface area (Å²) in [5.41, 5.74) is 0.904. The van der Waals surface area contributed by atoms with Gasteiger partial charge in [0.15, 0.2) is 0 Å². The Kier molecular flexibility index (Phi) is 27.5. The van der Waals surface area contributed by atoms with Crippen LogP contribution in [0.25, 0.3) is 0 Å². The largest absolute Gasteiger partial charge is 0.372 e. The van der Waals surface area contributed by atoms with Crippen molar-refractivity contribution < 1.29 is 35.6 Å². The van der Waals surface area contributed by atoms with Gasteiger partial charge in [0.25, 0.3) is 0 Å². The second-order valence-electron chi connectivity index (χ2n) is 17.1. The molecule has 7 heteroatoms. The minimum Gasteiger partial charge on any atom is -0.372 e. The van der Waals surface area contributed by atoms with Crippen LogP contribution in [0.1, 0.15) is 165 Å². The van der Waals surface area contributed by atoms with E-state index in [0.29, 0.717) is 52.5 Å². The molecule has 0 saturated heterocycles. The summed E-state index contributed by atoms with van der Waals surface area (Å²) in [6, 6.07) is 2.52. The van der Waals surface area contributed by atoms with Crippen molar-refractivity contribution in [1.29, 1.82) is 0 Å². The van der Waals surface area contributed by atoms with Crippen LogP contribution in [0.2, 0.25) is 0 Å². The quantitative estimate of drug-likeness (QED) is 0.163. The number of hydrogen-bond donors (Lipinski definition) is 3. The third-order valence-corrected chi connectivity index (χ3v) is 4.70. The molecule has 255 valence electrons. The first kappa shape index (κ1) is 49.5. The third kappa shape index (κ3) is 43.8. The summed E-state index contributed by atoms with van der Waals surface area (Å²) in [6.45, 7) is 45.8. The zero-order valence-electron chi connectivity index (χ0n) is 33.0. The molecule has 0 atom stereocenters. The van der Waals surface area contributed by atoms with Crippen LogP contribution in [-0.4, -0.2) is 53.8 Å². The first-order valence-corrected chi connectivity index (χ1v) is 16.6. The van der Waals surface area contributed by atoms with Crippen LogP contribution in [0.15, 0.2) is 15.0 Å². The van der Waals surface area contributed by atoms with Crippen molar-refractivity contribution in [1.82, 2.24) is 16.0 Å². The van der Waals surface area contributed by atoms with Crippen molar-refractivity contribution in [2.45, 2.75) is 201 Å². The van der Waals surface area contributed by atoms with Crippen LogP contribution < -0.4 is 16.0 Å². The number of hydrogen-bond acceptors (Lipinski definition) is 3. The third-order valence-electron chi connectivity index (χ3n) is 4.70. The van der Waals surface area contributed by atoms with Gasteiger partial charge in [0.2, 0.25) is 0 Å². The van der Waals surface area contributed by atoms with Gasteiger partial charge in [-0.2, -0.15) is 0 Å². The molecule has 0 unspecified atom stereocenters. The maximum absolute atomic E-state index is 4.61. The summed E-state index contributed by atoms with van der Waals surface area (Å²) >= 11 is 0. The van der Waals surface area contributed by atoms with E-state index in [-0.39, 0.29) is 35.6 Å². The van der Waals surface area contributed by atoms with Gasteiger partial charge in [0, 0.05) is 91.1 Å². The van der Waals surface area contributed by atoms with Crippen molar-refractivity contribution in [2.24, 2.45) is 31.2 Å². The molecule has 0 aliphatic rings. The summed E-state index contributed by atoms with van der Waals surface area (Å²) in [6.07, 6.45) is 3.05. The Morgan fingerprint density at radius 1 is 0.395 bits per heavy atom. The molecule has 0 aliphatic carbocycles. The second kappa shape index (κ2) is 23.9. The standard InChI is InChI=1S/3C12H26N2.La/c3*1-9(2)13-11(14-10(3)4)8-12(5,6)7;/h3*9-10H,8H2,1-7H3,(H,13,14);. The van der Waals surface area contributed by atoms with Crippen molar-refractivity contribution in [3.63, 3.8) is 0 Å². The SMILES string of the molecule is CC(C)N=C(CC(C)(C)C)NC(C)C.CC(C)N=C(CC(C)(C)C)NC(C)C.CC(C)N=C(CC(C)(C)C)NC(C)C.[La]. The van der Waals surface area contributed by atoms with Crippen molar-refractivity contribution in [2.75, 3.05) is 0 Å². The number of nitrogens with zero attached hydrogens (tertiary/aromatic N) is 3. The van der Waals surface area contributed by atoms with Gasteiger partial charge in [-0.3, -0.25) is 15.0 Å². The summed E-state index contributed by atoms with van der Waals surface area (Å²) in [5.74, 6) is 3.42. The van der Waals surface area contributed by atoms with Crippen molar-refractivity contribution in [3.05, 3.63) is 0 Å². The van der Waals surface area contributed by atoms with Gasteiger partial charge < -0.3 is 16.0 Å². The Morgan fingerprint density at radius 2 is 0.558 bits per heavy atom. The summed E-state index contributed by atoms with van der Waals surface area (Å²) < 4.78 is 0. The second-order valence-corrected chi connectivity index (χ2v) is 17.1. The molecule has 0 spiro atoms. The summed E-state index contributed by atoms with van der Waals surface area (Å²) in [5, 5.41) is 10.3. The molecule has 43 heavy (non-hydrogen) atoms. The van der Waals surface area contributed by atoms with E-state index >= 15 is 0 Å². The van der Waals surface area contributed by atoms with E-state index in [1.807, 2.05) is 0 Å².